The van der Waals surface area contributed by atoms with E-state index in [-0.39, 0.29) is 11.7 Å². The molecule has 2 aromatic carbocycles. The molecule has 1 unspecified atom stereocenters. The maximum Gasteiger partial charge on any atom is 0.293 e. The minimum absolute atomic E-state index is 0.0432. The number of nitro benzene ring substituents is 1. The second-order valence-electron chi connectivity index (χ2n) is 4.34. The van der Waals surface area contributed by atoms with E-state index in [2.05, 4.69) is 5.32 Å². The second kappa shape index (κ2) is 6.11. The zero-order valence-corrected chi connectivity index (χ0v) is 12.2. The van der Waals surface area contributed by atoms with Crippen LogP contribution in [0.2, 0.25) is 10.0 Å². The Bertz CT molecular complexity index is 630. The van der Waals surface area contributed by atoms with Gasteiger partial charge in [-0.05, 0) is 36.8 Å². The van der Waals surface area contributed by atoms with E-state index < -0.39 is 4.92 Å². The summed E-state index contributed by atoms with van der Waals surface area (Å²) >= 11 is 11.6. The summed E-state index contributed by atoms with van der Waals surface area (Å²) in [5, 5.41) is 15.1. The number of nitro groups is 1. The van der Waals surface area contributed by atoms with Crippen molar-refractivity contribution < 1.29 is 4.92 Å². The molecule has 0 heterocycles. The molecule has 0 fully saturated rings. The number of benzene rings is 2. The van der Waals surface area contributed by atoms with Crippen LogP contribution in [-0.2, 0) is 0 Å². The highest BCUT2D eigenvalue weighted by Crippen LogP contribution is 2.30. The van der Waals surface area contributed by atoms with Crippen molar-refractivity contribution >= 4 is 34.6 Å². The van der Waals surface area contributed by atoms with Crippen molar-refractivity contribution in [3.05, 3.63) is 68.2 Å². The molecule has 4 nitrogen and oxygen atoms in total. The molecule has 0 aliphatic heterocycles. The van der Waals surface area contributed by atoms with Gasteiger partial charge in [0.25, 0.3) is 5.69 Å². The molecule has 0 bridgehead atoms. The third-order valence-electron chi connectivity index (χ3n) is 2.90. The van der Waals surface area contributed by atoms with Crippen molar-refractivity contribution in [2.24, 2.45) is 0 Å². The molecule has 0 aliphatic rings. The smallest absolute Gasteiger partial charge is 0.293 e. The largest absolute Gasteiger partial charge is 0.373 e. The zero-order chi connectivity index (χ0) is 14.7. The van der Waals surface area contributed by atoms with Crippen LogP contribution >= 0.6 is 23.2 Å². The summed E-state index contributed by atoms with van der Waals surface area (Å²) in [7, 11) is 0. The number of nitrogens with one attached hydrogen (secondary N) is 1. The van der Waals surface area contributed by atoms with Gasteiger partial charge in [-0.2, -0.15) is 0 Å². The lowest BCUT2D eigenvalue weighted by Crippen LogP contribution is -2.08. The first-order valence-electron chi connectivity index (χ1n) is 5.93. The SMILES string of the molecule is CC(Nc1ccc(Cl)cc1[N+](=O)[O-])c1ccc(Cl)cc1. The van der Waals surface area contributed by atoms with E-state index >= 15 is 0 Å². The summed E-state index contributed by atoms with van der Waals surface area (Å²) in [6.45, 7) is 1.92. The van der Waals surface area contributed by atoms with Gasteiger partial charge in [-0.3, -0.25) is 10.1 Å². The lowest BCUT2D eigenvalue weighted by Gasteiger charge is -2.16. The predicted octanol–water partition coefficient (Wildman–Crippen LogP) is 5.07. The molecular formula is C14H12Cl2N2O2. The van der Waals surface area contributed by atoms with E-state index in [4.69, 9.17) is 23.2 Å². The van der Waals surface area contributed by atoms with Crippen LogP contribution in [0.4, 0.5) is 11.4 Å². The number of nitrogens with zero attached hydrogens (tertiary/aromatic N) is 1. The van der Waals surface area contributed by atoms with Gasteiger partial charge < -0.3 is 5.32 Å². The molecule has 104 valence electrons. The fourth-order valence-electron chi connectivity index (χ4n) is 1.85. The van der Waals surface area contributed by atoms with Crippen molar-refractivity contribution in [2.75, 3.05) is 5.32 Å². The standard InChI is InChI=1S/C14H12Cl2N2O2/c1-9(10-2-4-11(15)5-3-10)17-13-7-6-12(16)8-14(13)18(19)20/h2-9,17H,1H3. The van der Waals surface area contributed by atoms with Crippen LogP contribution in [0.5, 0.6) is 0 Å². The molecule has 1 atom stereocenters. The van der Waals surface area contributed by atoms with Gasteiger partial charge >= 0.3 is 0 Å². The summed E-state index contributed by atoms with van der Waals surface area (Å²) in [6.07, 6.45) is 0. The van der Waals surface area contributed by atoms with Crippen molar-refractivity contribution in [1.29, 1.82) is 0 Å². The lowest BCUT2D eigenvalue weighted by molar-refractivity contribution is -0.384. The average Bonchev–Trinajstić information content (AvgIpc) is 2.41. The van der Waals surface area contributed by atoms with Gasteiger partial charge in [0.15, 0.2) is 0 Å². The quantitative estimate of drug-likeness (QED) is 0.633. The molecule has 0 amide bonds. The minimum atomic E-state index is -0.456. The van der Waals surface area contributed by atoms with Crippen molar-refractivity contribution in [3.63, 3.8) is 0 Å². The molecule has 20 heavy (non-hydrogen) atoms. The van der Waals surface area contributed by atoms with E-state index in [0.29, 0.717) is 15.7 Å². The lowest BCUT2D eigenvalue weighted by atomic mass is 10.1. The Morgan fingerprint density at radius 1 is 1.10 bits per heavy atom. The van der Waals surface area contributed by atoms with Crippen LogP contribution in [0.1, 0.15) is 18.5 Å². The first kappa shape index (κ1) is 14.6. The van der Waals surface area contributed by atoms with E-state index in [0.717, 1.165) is 5.56 Å². The van der Waals surface area contributed by atoms with Gasteiger partial charge in [-0.15, -0.1) is 0 Å². The number of hydrogen-bond donors (Lipinski definition) is 1. The Labute approximate surface area is 126 Å². The van der Waals surface area contributed by atoms with E-state index in [1.165, 1.54) is 6.07 Å². The van der Waals surface area contributed by atoms with Crippen molar-refractivity contribution in [1.82, 2.24) is 0 Å². The van der Waals surface area contributed by atoms with Crippen LogP contribution in [0.15, 0.2) is 42.5 Å². The Hall–Kier alpha value is -1.78. The highest BCUT2D eigenvalue weighted by molar-refractivity contribution is 6.31. The number of halogens is 2. The molecule has 6 heteroatoms. The molecule has 0 radical (unpaired) electrons. The molecule has 2 aromatic rings. The normalized spacial score (nSPS) is 11.9. The molecule has 0 saturated heterocycles. The molecule has 0 spiro atoms. The Morgan fingerprint density at radius 2 is 1.70 bits per heavy atom. The summed E-state index contributed by atoms with van der Waals surface area (Å²) in [5.41, 5.74) is 1.37. The fourth-order valence-corrected chi connectivity index (χ4v) is 2.14. The highest BCUT2D eigenvalue weighted by atomic mass is 35.5. The molecule has 0 saturated carbocycles. The van der Waals surface area contributed by atoms with Crippen LogP contribution in [0, 0.1) is 10.1 Å². The van der Waals surface area contributed by atoms with Crippen LogP contribution < -0.4 is 5.32 Å². The number of anilines is 1. The molecule has 0 aromatic heterocycles. The second-order valence-corrected chi connectivity index (χ2v) is 5.21. The Kier molecular flexibility index (Phi) is 4.47. The topological polar surface area (TPSA) is 55.2 Å². The van der Waals surface area contributed by atoms with E-state index in [9.17, 15) is 10.1 Å². The van der Waals surface area contributed by atoms with Crippen LogP contribution in [-0.4, -0.2) is 4.92 Å². The third kappa shape index (κ3) is 3.40. The maximum absolute atomic E-state index is 11.0. The summed E-state index contributed by atoms with van der Waals surface area (Å²) in [6, 6.07) is 11.8. The first-order chi connectivity index (χ1) is 9.47. The molecule has 0 aliphatic carbocycles. The van der Waals surface area contributed by atoms with Crippen molar-refractivity contribution in [2.45, 2.75) is 13.0 Å². The number of hydrogen-bond acceptors (Lipinski definition) is 3. The third-order valence-corrected chi connectivity index (χ3v) is 3.39. The zero-order valence-electron chi connectivity index (χ0n) is 10.6. The summed E-state index contributed by atoms with van der Waals surface area (Å²) in [4.78, 5) is 10.6. The monoisotopic (exact) mass is 310 g/mol. The predicted molar refractivity (Wildman–Crippen MR) is 81.6 cm³/mol. The van der Waals surface area contributed by atoms with Gasteiger partial charge in [0.1, 0.15) is 5.69 Å². The number of rotatable bonds is 4. The Morgan fingerprint density at radius 3 is 2.30 bits per heavy atom. The van der Waals surface area contributed by atoms with Gasteiger partial charge in [0, 0.05) is 22.2 Å². The van der Waals surface area contributed by atoms with Gasteiger partial charge in [-0.1, -0.05) is 35.3 Å². The van der Waals surface area contributed by atoms with Gasteiger partial charge in [0.2, 0.25) is 0 Å². The fraction of sp³-hybridized carbons (Fsp3) is 0.143. The average molecular weight is 311 g/mol. The molecular weight excluding hydrogens is 299 g/mol. The van der Waals surface area contributed by atoms with Crippen LogP contribution in [0.3, 0.4) is 0 Å². The van der Waals surface area contributed by atoms with Gasteiger partial charge in [0.05, 0.1) is 4.92 Å². The summed E-state index contributed by atoms with van der Waals surface area (Å²) < 4.78 is 0. The minimum Gasteiger partial charge on any atom is -0.373 e. The van der Waals surface area contributed by atoms with Crippen LogP contribution in [0.25, 0.3) is 0 Å². The van der Waals surface area contributed by atoms with Gasteiger partial charge in [-0.25, -0.2) is 0 Å². The molecule has 2 rings (SSSR count). The van der Waals surface area contributed by atoms with E-state index in [1.807, 2.05) is 19.1 Å². The highest BCUT2D eigenvalue weighted by Gasteiger charge is 2.16. The van der Waals surface area contributed by atoms with Crippen molar-refractivity contribution in [3.8, 4) is 0 Å². The van der Waals surface area contributed by atoms with E-state index in [1.54, 1.807) is 24.3 Å². The summed E-state index contributed by atoms with van der Waals surface area (Å²) in [5.74, 6) is 0. The maximum atomic E-state index is 11.0. The molecule has 1 N–H and O–H groups in total. The first-order valence-corrected chi connectivity index (χ1v) is 6.69. The Balaban J connectivity index is 2.25.